The molecule has 3 rings (SSSR count). The van der Waals surface area contributed by atoms with E-state index in [0.29, 0.717) is 6.04 Å². The second-order valence-corrected chi connectivity index (χ2v) is 5.20. The van der Waals surface area contributed by atoms with Gasteiger partial charge in [0.15, 0.2) is 0 Å². The molecule has 86 valence electrons. The number of nitrogens with zero attached hydrogens (tertiary/aromatic N) is 1. The van der Waals surface area contributed by atoms with Gasteiger partial charge in [0.1, 0.15) is 11.4 Å². The van der Waals surface area contributed by atoms with Crippen molar-refractivity contribution < 1.29 is 0 Å². The molecule has 1 heterocycles. The molecule has 0 fully saturated rings. The summed E-state index contributed by atoms with van der Waals surface area (Å²) in [6.07, 6.45) is 0. The number of hydrogen-bond donors (Lipinski definition) is 0. The summed E-state index contributed by atoms with van der Waals surface area (Å²) in [6.45, 7) is 4.58. The summed E-state index contributed by atoms with van der Waals surface area (Å²) < 4.78 is 0.909. The van der Waals surface area contributed by atoms with E-state index in [-0.39, 0.29) is 0 Å². The fourth-order valence-corrected chi connectivity index (χ4v) is 2.90. The maximum absolute atomic E-state index is 2.31. The first-order valence-electron chi connectivity index (χ1n) is 6.21. The lowest BCUT2D eigenvalue weighted by Gasteiger charge is -2.34. The molecule has 1 aliphatic heterocycles. The van der Waals surface area contributed by atoms with Crippen LogP contribution in [0.5, 0.6) is 0 Å². The van der Waals surface area contributed by atoms with Crippen LogP contribution in [0.4, 0.5) is 11.4 Å². The third kappa shape index (κ3) is 1.23. The molecule has 0 saturated heterocycles. The molecule has 0 bridgehead atoms. The van der Waals surface area contributed by atoms with Gasteiger partial charge in [-0.1, -0.05) is 24.3 Å². The molecule has 17 heavy (non-hydrogen) atoms. The van der Waals surface area contributed by atoms with Gasteiger partial charge in [0, 0.05) is 23.3 Å². The van der Waals surface area contributed by atoms with Crippen LogP contribution in [0.3, 0.4) is 0 Å². The van der Waals surface area contributed by atoms with E-state index in [9.17, 15) is 0 Å². The van der Waals surface area contributed by atoms with Crippen molar-refractivity contribution in [1.29, 1.82) is 0 Å². The van der Waals surface area contributed by atoms with Gasteiger partial charge in [-0.2, -0.15) is 0 Å². The van der Waals surface area contributed by atoms with Crippen molar-refractivity contribution in [3.05, 3.63) is 48.5 Å². The van der Waals surface area contributed by atoms with E-state index in [4.69, 9.17) is 0 Å². The Morgan fingerprint density at radius 1 is 0.765 bits per heavy atom. The van der Waals surface area contributed by atoms with E-state index in [0.717, 1.165) is 4.48 Å². The Morgan fingerprint density at radius 3 is 1.59 bits per heavy atom. The molecule has 0 spiro atoms. The molecule has 1 aliphatic rings. The normalized spacial score (nSPS) is 15.8. The van der Waals surface area contributed by atoms with Gasteiger partial charge in [0.25, 0.3) is 0 Å². The molecule has 0 amide bonds. The zero-order chi connectivity index (χ0) is 12.0. The Morgan fingerprint density at radius 2 is 1.18 bits per heavy atom. The van der Waals surface area contributed by atoms with Crippen molar-refractivity contribution >= 4 is 11.4 Å². The highest BCUT2D eigenvalue weighted by molar-refractivity contribution is 5.94. The second-order valence-electron chi connectivity index (χ2n) is 5.20. The minimum absolute atomic E-state index is 0.541. The van der Waals surface area contributed by atoms with Crippen LogP contribution in [-0.2, 0) is 0 Å². The van der Waals surface area contributed by atoms with Crippen molar-refractivity contribution in [1.82, 2.24) is 4.48 Å². The van der Waals surface area contributed by atoms with E-state index >= 15 is 0 Å². The van der Waals surface area contributed by atoms with Crippen LogP contribution in [-0.4, -0.2) is 13.1 Å². The number of hydrogen-bond acceptors (Lipinski definition) is 0. The van der Waals surface area contributed by atoms with Crippen molar-refractivity contribution in [3.63, 3.8) is 0 Å². The summed E-state index contributed by atoms with van der Waals surface area (Å²) >= 11 is 0. The van der Waals surface area contributed by atoms with Gasteiger partial charge < -0.3 is 0 Å². The zero-order valence-electron chi connectivity index (χ0n) is 10.6. The first-order chi connectivity index (χ1) is 8.15. The molecular weight excluding hydrogens is 206 g/mol. The Labute approximate surface area is 103 Å². The number of quaternary nitrogens is 1. The highest BCUT2D eigenvalue weighted by Crippen LogP contribution is 2.52. The minimum atomic E-state index is 0.541. The number of rotatable bonds is 1. The van der Waals surface area contributed by atoms with E-state index in [1.54, 1.807) is 0 Å². The predicted molar refractivity (Wildman–Crippen MR) is 74.4 cm³/mol. The minimum Gasteiger partial charge on any atom is -0.258 e. The second kappa shape index (κ2) is 3.44. The van der Waals surface area contributed by atoms with Gasteiger partial charge >= 0.3 is 0 Å². The maximum atomic E-state index is 2.31. The highest BCUT2D eigenvalue weighted by atomic mass is 15.4. The Kier molecular flexibility index (Phi) is 2.14. The number of fused-ring (bicyclic) bond motifs is 3. The average molecular weight is 224 g/mol. The summed E-state index contributed by atoms with van der Waals surface area (Å²) in [5.74, 6) is 0. The fourth-order valence-electron chi connectivity index (χ4n) is 2.90. The zero-order valence-corrected chi connectivity index (χ0v) is 10.6. The van der Waals surface area contributed by atoms with Gasteiger partial charge in [0.05, 0.1) is 13.1 Å². The smallest absolute Gasteiger partial charge is 0.146 e. The molecule has 2 aromatic rings. The predicted octanol–water partition coefficient (Wildman–Crippen LogP) is 4.34. The quantitative estimate of drug-likeness (QED) is 0.632. The summed E-state index contributed by atoms with van der Waals surface area (Å²) in [5.41, 5.74) is 5.62. The first kappa shape index (κ1) is 10.5. The molecule has 0 unspecified atom stereocenters. The third-order valence-electron chi connectivity index (χ3n) is 4.13. The SMILES string of the molecule is CC(C)[N+]1(C)c2ccccc2-c2ccccc21. The summed E-state index contributed by atoms with van der Waals surface area (Å²) in [7, 11) is 2.31. The molecule has 0 atom stereocenters. The van der Waals surface area contributed by atoms with Crippen molar-refractivity contribution in [2.45, 2.75) is 19.9 Å². The van der Waals surface area contributed by atoms with Crippen LogP contribution in [0.25, 0.3) is 11.1 Å². The Bertz CT molecular complexity index is 524. The lowest BCUT2D eigenvalue weighted by molar-refractivity contribution is 0.388. The summed E-state index contributed by atoms with van der Waals surface area (Å²) in [5, 5.41) is 0. The van der Waals surface area contributed by atoms with Crippen LogP contribution in [0, 0.1) is 0 Å². The molecule has 1 nitrogen and oxygen atoms in total. The van der Waals surface area contributed by atoms with E-state index < -0.39 is 0 Å². The van der Waals surface area contributed by atoms with Crippen LogP contribution in [0.15, 0.2) is 48.5 Å². The monoisotopic (exact) mass is 224 g/mol. The van der Waals surface area contributed by atoms with Crippen LogP contribution in [0.1, 0.15) is 13.8 Å². The molecule has 0 aromatic heterocycles. The van der Waals surface area contributed by atoms with E-state index in [1.807, 2.05) is 0 Å². The topological polar surface area (TPSA) is 0 Å². The molecule has 0 N–H and O–H groups in total. The molecule has 1 heteroatoms. The van der Waals surface area contributed by atoms with Crippen LogP contribution in [0.2, 0.25) is 0 Å². The average Bonchev–Trinajstić information content (AvgIpc) is 2.63. The molecule has 0 radical (unpaired) electrons. The van der Waals surface area contributed by atoms with Crippen molar-refractivity contribution in [2.75, 3.05) is 7.05 Å². The van der Waals surface area contributed by atoms with Gasteiger partial charge in [-0.3, -0.25) is 4.48 Å². The third-order valence-corrected chi connectivity index (χ3v) is 4.13. The molecule has 2 aromatic carbocycles. The lowest BCUT2D eigenvalue weighted by atomic mass is 10.1. The van der Waals surface area contributed by atoms with Gasteiger partial charge in [0.2, 0.25) is 0 Å². The van der Waals surface area contributed by atoms with Crippen molar-refractivity contribution in [3.8, 4) is 11.1 Å². The van der Waals surface area contributed by atoms with E-state index in [2.05, 4.69) is 69.4 Å². The van der Waals surface area contributed by atoms with Crippen molar-refractivity contribution in [2.24, 2.45) is 0 Å². The summed E-state index contributed by atoms with van der Waals surface area (Å²) in [4.78, 5) is 0. The van der Waals surface area contributed by atoms with Crippen LogP contribution >= 0.6 is 0 Å². The van der Waals surface area contributed by atoms with E-state index in [1.165, 1.54) is 22.5 Å². The van der Waals surface area contributed by atoms with Gasteiger partial charge in [-0.05, 0) is 26.0 Å². The van der Waals surface area contributed by atoms with Crippen LogP contribution < -0.4 is 4.48 Å². The maximum Gasteiger partial charge on any atom is 0.146 e. The fraction of sp³-hybridized carbons (Fsp3) is 0.250. The number of benzene rings is 2. The summed E-state index contributed by atoms with van der Waals surface area (Å²) in [6, 6.07) is 18.1. The Hall–Kier alpha value is -1.60. The molecule has 0 saturated carbocycles. The largest absolute Gasteiger partial charge is 0.258 e. The molecule has 0 aliphatic carbocycles. The van der Waals surface area contributed by atoms with Gasteiger partial charge in [-0.15, -0.1) is 0 Å². The number of para-hydroxylation sites is 2. The van der Waals surface area contributed by atoms with Gasteiger partial charge in [-0.25, -0.2) is 0 Å². The first-order valence-corrected chi connectivity index (χ1v) is 6.21. The molecular formula is C16H18N+. The standard InChI is InChI=1S/C16H18N/c1-12(2)17(3)15-10-6-4-8-13(15)14-9-5-7-11-16(14)17/h4-12H,1-3H3/q+1. The lowest BCUT2D eigenvalue weighted by Crippen LogP contribution is -2.44. The Balaban J connectivity index is 2.39. The highest BCUT2D eigenvalue weighted by Gasteiger charge is 2.41.